The number of hydrogen-bond acceptors (Lipinski definition) is 5. The number of benzene rings is 2. The minimum atomic E-state index is -0.225. The number of amides is 1. The van der Waals surface area contributed by atoms with Gasteiger partial charge in [-0.2, -0.15) is 0 Å². The third-order valence-corrected chi connectivity index (χ3v) is 3.76. The first-order chi connectivity index (χ1) is 11.5. The molecule has 6 heteroatoms. The molecule has 0 aromatic heterocycles. The zero-order chi connectivity index (χ0) is 17.7. The number of phenols is 2. The minimum absolute atomic E-state index is 0.148. The first kappa shape index (κ1) is 17.5. The zero-order valence-electron chi connectivity index (χ0n) is 13.9. The van der Waals surface area contributed by atoms with Gasteiger partial charge in [-0.25, -0.2) is 0 Å². The van der Waals surface area contributed by atoms with Crippen LogP contribution in [-0.2, 0) is 6.42 Å². The summed E-state index contributed by atoms with van der Waals surface area (Å²) in [6.45, 7) is 2.24. The fourth-order valence-electron chi connectivity index (χ4n) is 2.38. The fourth-order valence-corrected chi connectivity index (χ4v) is 2.38. The molecule has 0 heterocycles. The maximum Gasteiger partial charge on any atom is 0.251 e. The van der Waals surface area contributed by atoms with E-state index in [-0.39, 0.29) is 17.4 Å². The van der Waals surface area contributed by atoms with Gasteiger partial charge in [0, 0.05) is 12.1 Å². The van der Waals surface area contributed by atoms with Crippen LogP contribution in [0, 0.1) is 6.92 Å². The molecule has 3 N–H and O–H groups in total. The molecule has 24 heavy (non-hydrogen) atoms. The molecule has 128 valence electrons. The smallest absolute Gasteiger partial charge is 0.251 e. The molecule has 0 aliphatic heterocycles. The van der Waals surface area contributed by atoms with E-state index >= 15 is 0 Å². The van der Waals surface area contributed by atoms with E-state index in [1.807, 2.05) is 6.92 Å². The third kappa shape index (κ3) is 3.90. The number of rotatable bonds is 6. The summed E-state index contributed by atoms with van der Waals surface area (Å²) in [6, 6.07) is 7.96. The van der Waals surface area contributed by atoms with E-state index in [4.69, 9.17) is 9.47 Å². The van der Waals surface area contributed by atoms with E-state index in [1.54, 1.807) is 18.2 Å². The summed E-state index contributed by atoms with van der Waals surface area (Å²) in [4.78, 5) is 12.2. The van der Waals surface area contributed by atoms with Gasteiger partial charge in [0.05, 0.1) is 14.2 Å². The Balaban J connectivity index is 2.00. The van der Waals surface area contributed by atoms with Gasteiger partial charge in [0.1, 0.15) is 0 Å². The van der Waals surface area contributed by atoms with Crippen LogP contribution in [0.2, 0.25) is 0 Å². The lowest BCUT2D eigenvalue weighted by Crippen LogP contribution is -2.25. The van der Waals surface area contributed by atoms with Crippen LogP contribution in [0.1, 0.15) is 21.5 Å². The Morgan fingerprint density at radius 3 is 2.38 bits per heavy atom. The highest BCUT2D eigenvalue weighted by Gasteiger charge is 2.11. The molecule has 0 bridgehead atoms. The third-order valence-electron chi connectivity index (χ3n) is 3.76. The summed E-state index contributed by atoms with van der Waals surface area (Å²) in [5, 5.41) is 21.8. The van der Waals surface area contributed by atoms with Crippen molar-refractivity contribution in [1.29, 1.82) is 0 Å². The van der Waals surface area contributed by atoms with Crippen molar-refractivity contribution in [2.75, 3.05) is 20.8 Å². The standard InChI is InChI=1S/C18H21NO5/c1-11-8-14(20)15(21)9-12(11)6-7-19-18(22)13-4-5-16(23-2)17(10-13)24-3/h4-5,8-10,20-21H,6-7H2,1-3H3,(H,19,22). The highest BCUT2D eigenvalue weighted by molar-refractivity contribution is 5.94. The lowest BCUT2D eigenvalue weighted by Gasteiger charge is -2.11. The van der Waals surface area contributed by atoms with Gasteiger partial charge in [-0.15, -0.1) is 0 Å². The lowest BCUT2D eigenvalue weighted by molar-refractivity contribution is 0.0953. The van der Waals surface area contributed by atoms with Crippen LogP contribution in [0.15, 0.2) is 30.3 Å². The first-order valence-electron chi connectivity index (χ1n) is 7.48. The number of hydrogen-bond donors (Lipinski definition) is 3. The van der Waals surface area contributed by atoms with Crippen molar-refractivity contribution in [2.24, 2.45) is 0 Å². The van der Waals surface area contributed by atoms with Crippen molar-refractivity contribution in [3.63, 3.8) is 0 Å². The summed E-state index contributed by atoms with van der Waals surface area (Å²) in [7, 11) is 3.05. The van der Waals surface area contributed by atoms with Crippen LogP contribution >= 0.6 is 0 Å². The summed E-state index contributed by atoms with van der Waals surface area (Å²) >= 11 is 0. The Hall–Kier alpha value is -2.89. The molecule has 6 nitrogen and oxygen atoms in total. The predicted molar refractivity (Wildman–Crippen MR) is 90.1 cm³/mol. The van der Waals surface area contributed by atoms with E-state index in [0.29, 0.717) is 30.0 Å². The number of phenolic OH excluding ortho intramolecular Hbond substituents is 2. The van der Waals surface area contributed by atoms with Crippen LogP contribution in [0.5, 0.6) is 23.0 Å². The molecule has 0 saturated heterocycles. The number of ether oxygens (including phenoxy) is 2. The molecule has 0 aliphatic rings. The molecular formula is C18H21NO5. The zero-order valence-corrected chi connectivity index (χ0v) is 13.9. The highest BCUT2D eigenvalue weighted by atomic mass is 16.5. The molecule has 2 aromatic carbocycles. The van der Waals surface area contributed by atoms with Crippen molar-refractivity contribution < 1.29 is 24.5 Å². The Bertz CT molecular complexity index is 742. The van der Waals surface area contributed by atoms with Crippen molar-refractivity contribution in [1.82, 2.24) is 5.32 Å². The number of nitrogens with one attached hydrogen (secondary N) is 1. The van der Waals surface area contributed by atoms with E-state index in [1.165, 1.54) is 26.4 Å². The molecule has 0 spiro atoms. The fraction of sp³-hybridized carbons (Fsp3) is 0.278. The van der Waals surface area contributed by atoms with Gasteiger partial charge in [0.15, 0.2) is 23.0 Å². The van der Waals surface area contributed by atoms with Gasteiger partial charge < -0.3 is 25.0 Å². The summed E-state index contributed by atoms with van der Waals surface area (Å²) < 4.78 is 10.3. The van der Waals surface area contributed by atoms with E-state index in [2.05, 4.69) is 5.32 Å². The van der Waals surface area contributed by atoms with Crippen molar-refractivity contribution in [3.8, 4) is 23.0 Å². The quantitative estimate of drug-likeness (QED) is 0.708. The first-order valence-corrected chi connectivity index (χ1v) is 7.48. The van der Waals surface area contributed by atoms with Gasteiger partial charge in [-0.1, -0.05) is 0 Å². The Labute approximate surface area is 140 Å². The van der Waals surface area contributed by atoms with Crippen LogP contribution in [0.25, 0.3) is 0 Å². The van der Waals surface area contributed by atoms with Crippen LogP contribution in [0.3, 0.4) is 0 Å². The monoisotopic (exact) mass is 331 g/mol. The van der Waals surface area contributed by atoms with Crippen molar-refractivity contribution in [3.05, 3.63) is 47.0 Å². The average molecular weight is 331 g/mol. The van der Waals surface area contributed by atoms with Gasteiger partial charge >= 0.3 is 0 Å². The summed E-state index contributed by atoms with van der Waals surface area (Å²) in [5.74, 6) is 0.512. The Morgan fingerprint density at radius 1 is 1.04 bits per heavy atom. The average Bonchev–Trinajstić information content (AvgIpc) is 2.58. The molecule has 2 aromatic rings. The van der Waals surface area contributed by atoms with Gasteiger partial charge in [0.25, 0.3) is 5.91 Å². The number of carbonyl (C=O) groups excluding carboxylic acids is 1. The number of methoxy groups -OCH3 is 2. The van der Waals surface area contributed by atoms with Gasteiger partial charge in [0.2, 0.25) is 0 Å². The van der Waals surface area contributed by atoms with Crippen LogP contribution in [0.4, 0.5) is 0 Å². The summed E-state index contributed by atoms with van der Waals surface area (Å²) in [5.41, 5.74) is 2.18. The van der Waals surface area contributed by atoms with E-state index < -0.39 is 0 Å². The maximum absolute atomic E-state index is 12.2. The molecule has 2 rings (SSSR count). The largest absolute Gasteiger partial charge is 0.504 e. The second-order valence-corrected chi connectivity index (χ2v) is 5.34. The van der Waals surface area contributed by atoms with Gasteiger partial charge in [-0.3, -0.25) is 4.79 Å². The molecule has 0 fully saturated rings. The molecule has 0 atom stereocenters. The van der Waals surface area contributed by atoms with Crippen LogP contribution in [-0.4, -0.2) is 36.9 Å². The van der Waals surface area contributed by atoms with Gasteiger partial charge in [-0.05, 0) is 54.8 Å². The second kappa shape index (κ2) is 7.59. The number of carbonyl (C=O) groups is 1. The second-order valence-electron chi connectivity index (χ2n) is 5.34. The molecule has 0 aliphatic carbocycles. The molecule has 0 unspecified atom stereocenters. The maximum atomic E-state index is 12.2. The van der Waals surface area contributed by atoms with Crippen LogP contribution < -0.4 is 14.8 Å². The molecule has 0 radical (unpaired) electrons. The van der Waals surface area contributed by atoms with Crippen molar-refractivity contribution >= 4 is 5.91 Å². The Kier molecular flexibility index (Phi) is 5.52. The Morgan fingerprint density at radius 2 is 1.71 bits per heavy atom. The van der Waals surface area contributed by atoms with E-state index in [0.717, 1.165) is 11.1 Å². The van der Waals surface area contributed by atoms with E-state index in [9.17, 15) is 15.0 Å². The SMILES string of the molecule is COc1ccc(C(=O)NCCc2cc(O)c(O)cc2C)cc1OC. The lowest BCUT2D eigenvalue weighted by atomic mass is 10.0. The number of aryl methyl sites for hydroxylation is 1. The number of aromatic hydroxyl groups is 2. The molecule has 0 saturated carbocycles. The topological polar surface area (TPSA) is 88.0 Å². The minimum Gasteiger partial charge on any atom is -0.504 e. The van der Waals surface area contributed by atoms with Crippen molar-refractivity contribution in [2.45, 2.75) is 13.3 Å². The summed E-state index contributed by atoms with van der Waals surface area (Å²) in [6.07, 6.45) is 0.540. The predicted octanol–water partition coefficient (Wildman–Crippen LogP) is 2.40. The highest BCUT2D eigenvalue weighted by Crippen LogP contribution is 2.28. The molecule has 1 amide bonds. The molecular weight excluding hydrogens is 310 g/mol. The normalized spacial score (nSPS) is 10.3.